The first-order valence-electron chi connectivity index (χ1n) is 7.07. The van der Waals surface area contributed by atoms with Gasteiger partial charge in [-0.25, -0.2) is 4.98 Å². The third-order valence-electron chi connectivity index (χ3n) is 3.36. The fourth-order valence-electron chi connectivity index (χ4n) is 2.14. The Hall–Kier alpha value is -2.82. The molecule has 0 N–H and O–H groups in total. The molecule has 1 aliphatic heterocycles. The summed E-state index contributed by atoms with van der Waals surface area (Å²) < 4.78 is 12.1. The van der Waals surface area contributed by atoms with E-state index in [-0.39, 0.29) is 12.7 Å². The van der Waals surface area contributed by atoms with Crippen LogP contribution in [0.4, 0.5) is 0 Å². The molecule has 0 atom stereocenters. The minimum absolute atomic E-state index is 0.123. The Balaban J connectivity index is 1.77. The Morgan fingerprint density at radius 1 is 1.32 bits per heavy atom. The number of fused-ring (bicyclic) bond motifs is 1. The van der Waals surface area contributed by atoms with Gasteiger partial charge < -0.3 is 9.47 Å². The lowest BCUT2D eigenvalue weighted by Crippen LogP contribution is -2.03. The molecule has 5 heteroatoms. The molecule has 0 radical (unpaired) electrons. The average molecular weight is 296 g/mol. The number of aromatic nitrogens is 2. The molecule has 2 aromatic rings. The second-order valence-electron chi connectivity index (χ2n) is 4.83. The maximum absolute atomic E-state index is 11.9. The number of nitrogens with zero attached hydrogens (tertiary/aromatic N) is 2. The minimum atomic E-state index is -0.123. The van der Waals surface area contributed by atoms with Gasteiger partial charge in [-0.15, -0.1) is 0 Å². The summed E-state index contributed by atoms with van der Waals surface area (Å²) in [5.74, 6) is 1.39. The number of carbonyl (C=O) groups excluding carboxylic acids is 1. The Morgan fingerprint density at radius 2 is 2.18 bits per heavy atom. The zero-order valence-electron chi connectivity index (χ0n) is 12.2. The van der Waals surface area contributed by atoms with Crippen molar-refractivity contribution in [2.45, 2.75) is 13.3 Å². The topological polar surface area (TPSA) is 53.4 Å². The fraction of sp³-hybridized carbons (Fsp3) is 0.176. The quantitative estimate of drug-likeness (QED) is 0.641. The molecule has 3 rings (SSSR count). The van der Waals surface area contributed by atoms with E-state index in [0.29, 0.717) is 0 Å². The Kier molecular flexibility index (Phi) is 4.05. The zero-order chi connectivity index (χ0) is 15.4. The van der Waals surface area contributed by atoms with E-state index in [1.54, 1.807) is 18.5 Å². The van der Waals surface area contributed by atoms with E-state index in [0.717, 1.165) is 29.1 Å². The second-order valence-corrected chi connectivity index (χ2v) is 4.83. The number of allylic oxidation sites excluding steroid dienone is 3. The summed E-state index contributed by atoms with van der Waals surface area (Å²) in [5, 5.41) is 0. The number of ether oxygens (including phenoxy) is 2. The van der Waals surface area contributed by atoms with E-state index in [4.69, 9.17) is 9.47 Å². The SMILES string of the molecule is CCC(/C=C/C(=O)n1ccnc1)=C\c1ccc2c(c1)OCO2. The molecule has 22 heavy (non-hydrogen) atoms. The molecule has 0 bridgehead atoms. The summed E-state index contributed by atoms with van der Waals surface area (Å²) in [4.78, 5) is 15.8. The van der Waals surface area contributed by atoms with Gasteiger partial charge in [0.1, 0.15) is 6.33 Å². The van der Waals surface area contributed by atoms with Crippen LogP contribution in [0.2, 0.25) is 0 Å². The van der Waals surface area contributed by atoms with Crippen molar-refractivity contribution in [2.24, 2.45) is 0 Å². The van der Waals surface area contributed by atoms with Gasteiger partial charge in [0.2, 0.25) is 6.79 Å². The van der Waals surface area contributed by atoms with Crippen LogP contribution in [0.3, 0.4) is 0 Å². The molecular formula is C17H16N2O3. The fourth-order valence-corrected chi connectivity index (χ4v) is 2.14. The van der Waals surface area contributed by atoms with Crippen LogP contribution >= 0.6 is 0 Å². The number of carbonyl (C=O) groups is 1. The van der Waals surface area contributed by atoms with E-state index >= 15 is 0 Å². The van der Waals surface area contributed by atoms with Crippen LogP contribution < -0.4 is 9.47 Å². The van der Waals surface area contributed by atoms with Crippen LogP contribution in [0.25, 0.3) is 6.08 Å². The van der Waals surface area contributed by atoms with Crippen molar-refractivity contribution in [3.05, 3.63) is 60.2 Å². The standard InChI is InChI=1S/C17H16N2O3/c1-2-13(4-6-17(20)19-8-7-18-11-19)9-14-3-5-15-16(10-14)22-12-21-15/h3-11H,2,12H2,1H3/b6-4+,13-9+. The maximum Gasteiger partial charge on any atom is 0.255 e. The zero-order valence-corrected chi connectivity index (χ0v) is 12.2. The number of imidazole rings is 1. The lowest BCUT2D eigenvalue weighted by molar-refractivity contribution is 0.0968. The molecule has 5 nitrogen and oxygen atoms in total. The Bertz CT molecular complexity index is 730. The van der Waals surface area contributed by atoms with Gasteiger partial charge in [-0.1, -0.05) is 25.1 Å². The molecule has 112 valence electrons. The molecule has 1 aromatic heterocycles. The van der Waals surface area contributed by atoms with Crippen LogP contribution in [0.1, 0.15) is 23.7 Å². The van der Waals surface area contributed by atoms with Crippen LogP contribution in [0.15, 0.2) is 54.6 Å². The predicted molar refractivity (Wildman–Crippen MR) is 82.8 cm³/mol. The molecule has 0 spiro atoms. The molecule has 0 aliphatic carbocycles. The number of rotatable bonds is 4. The summed E-state index contributed by atoms with van der Waals surface area (Å²) in [5.41, 5.74) is 2.06. The normalized spacial score (nSPS) is 13.8. The number of hydrogen-bond acceptors (Lipinski definition) is 4. The van der Waals surface area contributed by atoms with Crippen molar-refractivity contribution in [3.8, 4) is 11.5 Å². The summed E-state index contributed by atoms with van der Waals surface area (Å²) in [6, 6.07) is 5.79. The highest BCUT2D eigenvalue weighted by Crippen LogP contribution is 2.33. The van der Waals surface area contributed by atoms with E-state index in [2.05, 4.69) is 4.98 Å². The first-order valence-corrected chi connectivity index (χ1v) is 7.07. The van der Waals surface area contributed by atoms with Gasteiger partial charge in [0.15, 0.2) is 11.5 Å². The highest BCUT2D eigenvalue weighted by molar-refractivity contribution is 5.90. The molecule has 1 aromatic carbocycles. The van der Waals surface area contributed by atoms with Gasteiger partial charge >= 0.3 is 0 Å². The third kappa shape index (κ3) is 3.09. The Labute approximate surface area is 128 Å². The van der Waals surface area contributed by atoms with Crippen molar-refractivity contribution >= 4 is 12.0 Å². The summed E-state index contributed by atoms with van der Waals surface area (Å²) in [7, 11) is 0. The van der Waals surface area contributed by atoms with Crippen molar-refractivity contribution in [1.29, 1.82) is 0 Å². The van der Waals surface area contributed by atoms with Crippen LogP contribution in [0.5, 0.6) is 11.5 Å². The van der Waals surface area contributed by atoms with Crippen LogP contribution in [-0.2, 0) is 0 Å². The van der Waals surface area contributed by atoms with Crippen molar-refractivity contribution in [1.82, 2.24) is 9.55 Å². The maximum atomic E-state index is 11.9. The first kappa shape index (κ1) is 14.1. The number of benzene rings is 1. The molecule has 0 unspecified atom stereocenters. The molecule has 0 amide bonds. The summed E-state index contributed by atoms with van der Waals surface area (Å²) in [6.45, 7) is 2.31. The molecule has 0 saturated carbocycles. The van der Waals surface area contributed by atoms with E-state index in [1.165, 1.54) is 10.9 Å². The minimum Gasteiger partial charge on any atom is -0.454 e. The van der Waals surface area contributed by atoms with Crippen molar-refractivity contribution in [2.75, 3.05) is 6.79 Å². The van der Waals surface area contributed by atoms with Crippen LogP contribution in [0, 0.1) is 0 Å². The highest BCUT2D eigenvalue weighted by Gasteiger charge is 2.12. The lowest BCUT2D eigenvalue weighted by Gasteiger charge is -2.01. The van der Waals surface area contributed by atoms with Gasteiger partial charge in [-0.3, -0.25) is 9.36 Å². The monoisotopic (exact) mass is 296 g/mol. The van der Waals surface area contributed by atoms with Gasteiger partial charge in [0.05, 0.1) is 0 Å². The van der Waals surface area contributed by atoms with E-state index in [9.17, 15) is 4.79 Å². The van der Waals surface area contributed by atoms with Crippen molar-refractivity contribution in [3.63, 3.8) is 0 Å². The lowest BCUT2D eigenvalue weighted by atomic mass is 10.1. The Morgan fingerprint density at radius 3 is 2.95 bits per heavy atom. The van der Waals surface area contributed by atoms with E-state index in [1.807, 2.05) is 37.3 Å². The average Bonchev–Trinajstić information content (AvgIpc) is 3.21. The molecule has 1 aliphatic rings. The van der Waals surface area contributed by atoms with Crippen LogP contribution in [-0.4, -0.2) is 22.3 Å². The molecule has 0 saturated heterocycles. The molecular weight excluding hydrogens is 280 g/mol. The van der Waals surface area contributed by atoms with Gasteiger partial charge in [-0.2, -0.15) is 0 Å². The summed E-state index contributed by atoms with van der Waals surface area (Å²) >= 11 is 0. The largest absolute Gasteiger partial charge is 0.454 e. The first-order chi connectivity index (χ1) is 10.8. The second kappa shape index (κ2) is 6.30. The summed E-state index contributed by atoms with van der Waals surface area (Å²) in [6.07, 6.45) is 10.9. The number of hydrogen-bond donors (Lipinski definition) is 0. The van der Waals surface area contributed by atoms with Gasteiger partial charge in [0.25, 0.3) is 5.91 Å². The smallest absolute Gasteiger partial charge is 0.255 e. The van der Waals surface area contributed by atoms with Gasteiger partial charge in [-0.05, 0) is 29.7 Å². The predicted octanol–water partition coefficient (Wildman–Crippen LogP) is 3.30. The molecule has 0 fully saturated rings. The van der Waals surface area contributed by atoms with E-state index < -0.39 is 0 Å². The molecule has 2 heterocycles. The highest BCUT2D eigenvalue weighted by atomic mass is 16.7. The van der Waals surface area contributed by atoms with Gasteiger partial charge in [0, 0.05) is 18.5 Å². The van der Waals surface area contributed by atoms with Crippen molar-refractivity contribution < 1.29 is 14.3 Å². The third-order valence-corrected chi connectivity index (χ3v) is 3.36.